The van der Waals surface area contributed by atoms with Crippen LogP contribution in [0.4, 0.5) is 4.79 Å². The van der Waals surface area contributed by atoms with Gasteiger partial charge in [0.05, 0.1) is 13.2 Å². The molecule has 0 bridgehead atoms. The number of ether oxygens (including phenoxy) is 1. The van der Waals surface area contributed by atoms with E-state index in [1.807, 2.05) is 20.8 Å². The van der Waals surface area contributed by atoms with Crippen molar-refractivity contribution in [3.8, 4) is 0 Å². The number of methoxy groups -OCH3 is 1. The number of nitrogens with zero attached hydrogens (tertiary/aromatic N) is 1. The smallest absolute Gasteiger partial charge is 0.407 e. The fraction of sp³-hybridized carbons (Fsp3) is 0.786. The van der Waals surface area contributed by atoms with Crippen molar-refractivity contribution in [3.63, 3.8) is 0 Å². The standard InChI is InChI=1S/C14H24N2O4.H5P3.H4P2/c1-9(15-13(19)20-5)12(18)16-8-6-7-10(16)11(17)14(2,3)4;1-3-2;1-2/h9-10H,6-8H2,1-5H3,(H,15,19);3H,1-2H2;1-2H2. The van der Waals surface area contributed by atoms with E-state index in [2.05, 4.69) is 45.8 Å². The van der Waals surface area contributed by atoms with Crippen molar-refractivity contribution in [1.82, 2.24) is 10.2 Å². The van der Waals surface area contributed by atoms with Gasteiger partial charge in [-0.2, -0.15) is 0 Å². The number of hydrogen-bond donors (Lipinski definition) is 1. The maximum atomic E-state index is 12.4. The van der Waals surface area contributed by atoms with Crippen molar-refractivity contribution >= 4 is 61.5 Å². The van der Waals surface area contributed by atoms with Crippen LogP contribution in [0.5, 0.6) is 0 Å². The second kappa shape index (κ2) is 14.6. The first kappa shape index (κ1) is 27.8. The summed E-state index contributed by atoms with van der Waals surface area (Å²) >= 11 is 0. The summed E-state index contributed by atoms with van der Waals surface area (Å²) < 4.78 is 4.47. The lowest BCUT2D eigenvalue weighted by Crippen LogP contribution is -2.52. The molecule has 1 rings (SSSR count). The molecule has 1 fully saturated rings. The van der Waals surface area contributed by atoms with Gasteiger partial charge in [0.15, 0.2) is 5.78 Å². The van der Waals surface area contributed by atoms with Crippen LogP contribution in [0.15, 0.2) is 0 Å². The van der Waals surface area contributed by atoms with Gasteiger partial charge < -0.3 is 15.0 Å². The third-order valence-electron chi connectivity index (χ3n) is 3.47. The quantitative estimate of drug-likeness (QED) is 0.673. The summed E-state index contributed by atoms with van der Waals surface area (Å²) in [6, 6.07) is -1.08. The van der Waals surface area contributed by atoms with Crippen LogP contribution in [0.25, 0.3) is 0 Å². The van der Waals surface area contributed by atoms with Crippen LogP contribution in [0.3, 0.4) is 0 Å². The Hall–Kier alpha value is 0.560. The molecule has 0 aromatic carbocycles. The summed E-state index contributed by atoms with van der Waals surface area (Å²) in [6.07, 6.45) is 0.847. The maximum absolute atomic E-state index is 12.4. The SMILES string of the molecule is COC(=O)NC(C)C(=O)N1CCCC1C(=O)C(C)(C)C.PP.PPP. The fourth-order valence-corrected chi connectivity index (χ4v) is 2.35. The van der Waals surface area contributed by atoms with Gasteiger partial charge in [0.2, 0.25) is 5.91 Å². The molecular formula is C14H33N2O4P5. The minimum Gasteiger partial charge on any atom is -0.453 e. The molecule has 11 heteroatoms. The van der Waals surface area contributed by atoms with Gasteiger partial charge in [-0.1, -0.05) is 28.7 Å². The Morgan fingerprint density at radius 3 is 2.12 bits per heavy atom. The molecule has 0 aromatic rings. The van der Waals surface area contributed by atoms with E-state index in [0.29, 0.717) is 13.0 Å². The maximum Gasteiger partial charge on any atom is 0.407 e. The van der Waals surface area contributed by atoms with Crippen LogP contribution in [-0.4, -0.2) is 48.4 Å². The molecule has 6 nitrogen and oxygen atoms in total. The third kappa shape index (κ3) is 10.5. The Bertz CT molecular complexity index is 432. The lowest BCUT2D eigenvalue weighted by Gasteiger charge is -2.30. The van der Waals surface area contributed by atoms with Crippen molar-refractivity contribution in [2.24, 2.45) is 5.41 Å². The zero-order chi connectivity index (χ0) is 20.2. The largest absolute Gasteiger partial charge is 0.453 e. The summed E-state index contributed by atoms with van der Waals surface area (Å²) in [5.74, 6) is -0.177. The molecule has 0 spiro atoms. The molecule has 25 heavy (non-hydrogen) atoms. The average molecular weight is 448 g/mol. The van der Waals surface area contributed by atoms with Crippen LogP contribution < -0.4 is 5.32 Å². The molecule has 148 valence electrons. The fourth-order valence-electron chi connectivity index (χ4n) is 2.35. The molecule has 0 radical (unpaired) electrons. The summed E-state index contributed by atoms with van der Waals surface area (Å²) in [5.41, 5.74) is -0.480. The van der Waals surface area contributed by atoms with E-state index in [1.54, 1.807) is 11.8 Å². The van der Waals surface area contributed by atoms with Gasteiger partial charge in [0.1, 0.15) is 6.04 Å². The highest BCUT2D eigenvalue weighted by Gasteiger charge is 2.40. The predicted octanol–water partition coefficient (Wildman–Crippen LogP) is 3.23. The molecule has 1 aliphatic rings. The zero-order valence-corrected chi connectivity index (χ0v) is 21.3. The second-order valence-electron chi connectivity index (χ2n) is 6.33. The Kier molecular flexibility index (Phi) is 16.2. The number of carbonyl (C=O) groups excluding carboxylic acids is 3. The van der Waals surface area contributed by atoms with Crippen molar-refractivity contribution < 1.29 is 19.1 Å². The summed E-state index contributed by atoms with van der Waals surface area (Å²) in [7, 11) is 12.0. The second-order valence-corrected chi connectivity index (χ2v) is 10.7. The van der Waals surface area contributed by atoms with E-state index < -0.39 is 17.6 Å². The summed E-state index contributed by atoms with van der Waals surface area (Å²) in [6.45, 7) is 7.71. The van der Waals surface area contributed by atoms with E-state index in [1.165, 1.54) is 7.11 Å². The lowest BCUT2D eigenvalue weighted by atomic mass is 9.85. The zero-order valence-electron chi connectivity index (χ0n) is 15.7. The van der Waals surface area contributed by atoms with E-state index in [4.69, 9.17) is 0 Å². The molecule has 6 unspecified atom stereocenters. The topological polar surface area (TPSA) is 75.7 Å². The van der Waals surface area contributed by atoms with Gasteiger partial charge in [-0.15, -0.1) is 35.7 Å². The van der Waals surface area contributed by atoms with Crippen LogP contribution in [0.2, 0.25) is 0 Å². The van der Waals surface area contributed by atoms with Gasteiger partial charge in [-0.25, -0.2) is 4.79 Å². The molecule has 0 saturated carbocycles. The highest BCUT2D eigenvalue weighted by Crippen LogP contribution is 2.28. The Morgan fingerprint density at radius 1 is 1.24 bits per heavy atom. The number of amides is 2. The van der Waals surface area contributed by atoms with E-state index in [-0.39, 0.29) is 17.7 Å². The molecule has 0 aliphatic carbocycles. The lowest BCUT2D eigenvalue weighted by molar-refractivity contribution is -0.141. The van der Waals surface area contributed by atoms with Crippen LogP contribution in [0, 0.1) is 5.41 Å². The van der Waals surface area contributed by atoms with E-state index in [0.717, 1.165) is 14.4 Å². The summed E-state index contributed by atoms with van der Waals surface area (Å²) in [4.78, 5) is 37.4. The van der Waals surface area contributed by atoms with Gasteiger partial charge in [0, 0.05) is 12.0 Å². The van der Waals surface area contributed by atoms with Crippen LogP contribution >= 0.6 is 43.7 Å². The predicted molar refractivity (Wildman–Crippen MR) is 121 cm³/mol. The molecule has 1 N–H and O–H groups in total. The number of alkyl carbamates (subject to hydrolysis) is 1. The molecule has 1 heterocycles. The number of Topliss-reactive ketones (excluding diaryl/α,β-unsaturated/α-hetero) is 1. The van der Waals surface area contributed by atoms with E-state index in [9.17, 15) is 14.4 Å². The van der Waals surface area contributed by atoms with Gasteiger partial charge in [-0.3, -0.25) is 9.59 Å². The highest BCUT2D eigenvalue weighted by molar-refractivity contribution is 8.33. The van der Waals surface area contributed by atoms with Crippen molar-refractivity contribution in [3.05, 3.63) is 0 Å². The van der Waals surface area contributed by atoms with Gasteiger partial charge in [0.25, 0.3) is 0 Å². The number of rotatable bonds is 3. The number of likely N-dealkylation sites (tertiary alicyclic amines) is 1. The monoisotopic (exact) mass is 448 g/mol. The first-order chi connectivity index (χ1) is 11.6. The van der Waals surface area contributed by atoms with E-state index >= 15 is 0 Å². The van der Waals surface area contributed by atoms with Crippen LogP contribution in [0.1, 0.15) is 40.5 Å². The molecular weight excluding hydrogens is 415 g/mol. The molecule has 1 saturated heterocycles. The van der Waals surface area contributed by atoms with Gasteiger partial charge >= 0.3 is 6.09 Å². The summed E-state index contributed by atoms with van der Waals surface area (Å²) in [5, 5.41) is 2.44. The number of ketones is 1. The van der Waals surface area contributed by atoms with Gasteiger partial charge in [-0.05, 0) is 19.8 Å². The Balaban J connectivity index is 0. The molecule has 2 amide bonds. The number of nitrogens with one attached hydrogen (secondary N) is 1. The first-order valence-electron chi connectivity index (χ1n) is 7.79. The first-order valence-corrected chi connectivity index (χ1v) is 15.1. The number of hydrogen-bond acceptors (Lipinski definition) is 4. The molecule has 0 aromatic heterocycles. The normalized spacial score (nSPS) is 17.3. The van der Waals surface area contributed by atoms with Crippen molar-refractivity contribution in [2.75, 3.05) is 13.7 Å². The third-order valence-corrected chi connectivity index (χ3v) is 3.47. The molecule has 6 atom stereocenters. The number of carbonyl (C=O) groups is 3. The minimum absolute atomic E-state index is 0.0635. The van der Waals surface area contributed by atoms with Crippen LogP contribution in [-0.2, 0) is 14.3 Å². The Labute approximate surface area is 162 Å². The Morgan fingerprint density at radius 2 is 1.72 bits per heavy atom. The van der Waals surface area contributed by atoms with Crippen molar-refractivity contribution in [2.45, 2.75) is 52.6 Å². The van der Waals surface area contributed by atoms with Crippen molar-refractivity contribution in [1.29, 1.82) is 0 Å². The average Bonchev–Trinajstić information content (AvgIpc) is 3.04. The highest BCUT2D eigenvalue weighted by atomic mass is 32.4. The minimum atomic E-state index is -0.698. The molecule has 1 aliphatic heterocycles.